The maximum absolute atomic E-state index is 13.4. The van der Waals surface area contributed by atoms with Crippen LogP contribution in [0.1, 0.15) is 10.4 Å². The topological polar surface area (TPSA) is 92.7 Å². The van der Waals surface area contributed by atoms with E-state index in [4.69, 9.17) is 0 Å². The van der Waals surface area contributed by atoms with Gasteiger partial charge in [-0.15, -0.1) is 0 Å². The van der Waals surface area contributed by atoms with Gasteiger partial charge in [0.2, 0.25) is 0 Å². The second kappa shape index (κ2) is 10.2. The van der Waals surface area contributed by atoms with Crippen molar-refractivity contribution < 1.29 is 23.1 Å². The molecule has 0 fully saturated rings. The van der Waals surface area contributed by atoms with E-state index < -0.39 is 23.0 Å². The zero-order valence-electron chi connectivity index (χ0n) is 19.3. The number of nitrogens with one attached hydrogen (secondary N) is 1. The maximum Gasteiger partial charge on any atom is 0.256 e. The van der Waals surface area contributed by atoms with Crippen molar-refractivity contribution in [2.75, 3.05) is 9.62 Å². The highest BCUT2D eigenvalue weighted by Crippen LogP contribution is 2.37. The Labute approximate surface area is 215 Å². The van der Waals surface area contributed by atoms with Gasteiger partial charge in [-0.1, -0.05) is 60.7 Å². The lowest BCUT2D eigenvalue weighted by molar-refractivity contribution is 0.102. The summed E-state index contributed by atoms with van der Waals surface area (Å²) in [6.45, 7) is 0. The van der Waals surface area contributed by atoms with Gasteiger partial charge in [-0.2, -0.15) is 0 Å². The van der Waals surface area contributed by atoms with E-state index in [2.05, 4.69) is 5.32 Å². The highest BCUT2D eigenvalue weighted by atomic mass is 32.2. The van der Waals surface area contributed by atoms with Crippen molar-refractivity contribution >= 4 is 45.0 Å². The quantitative estimate of drug-likeness (QED) is 0.200. The van der Waals surface area contributed by atoms with Crippen molar-refractivity contribution in [3.63, 3.8) is 0 Å². The first-order valence-corrected chi connectivity index (χ1v) is 12.3. The lowest BCUT2D eigenvalue weighted by Crippen LogP contribution is -2.20. The summed E-state index contributed by atoms with van der Waals surface area (Å²) in [5, 5.41) is 14.9. The number of amides is 1. The first-order valence-electron chi connectivity index (χ1n) is 11.3. The monoisotopic (exact) mass is 511 g/mol. The molecule has 0 aromatic heterocycles. The average Bonchev–Trinajstić information content (AvgIpc) is 2.91. The van der Waals surface area contributed by atoms with Gasteiger partial charge in [0.05, 0.1) is 22.6 Å². The molecule has 0 saturated heterocycles. The molecule has 5 aromatic carbocycles. The molecule has 2 N–H and O–H groups in total. The fraction of sp³-hybridized carbons (Fsp3) is 0. The number of benzene rings is 5. The van der Waals surface area contributed by atoms with Crippen molar-refractivity contribution in [2.24, 2.45) is 0 Å². The Balaban J connectivity index is 1.50. The van der Waals surface area contributed by atoms with Crippen LogP contribution in [0, 0.1) is 5.82 Å². The number of phenols is 1. The van der Waals surface area contributed by atoms with Crippen LogP contribution in [0.2, 0.25) is 0 Å². The van der Waals surface area contributed by atoms with Crippen LogP contribution < -0.4 is 9.62 Å². The highest BCUT2D eigenvalue weighted by molar-refractivity contribution is 7.81. The molecule has 5 rings (SSSR count). The fourth-order valence-electron chi connectivity index (χ4n) is 4.21. The predicted octanol–water partition coefficient (Wildman–Crippen LogP) is 6.54. The number of aromatic hydroxyl groups is 1. The van der Waals surface area contributed by atoms with Crippen molar-refractivity contribution in [3.8, 4) is 16.9 Å². The van der Waals surface area contributed by atoms with E-state index in [0.717, 1.165) is 38.3 Å². The Bertz CT molecular complexity index is 1630. The van der Waals surface area contributed by atoms with Crippen molar-refractivity contribution in [3.05, 3.63) is 121 Å². The van der Waals surface area contributed by atoms with Crippen LogP contribution in [0.15, 0.2) is 109 Å². The van der Waals surface area contributed by atoms with E-state index in [9.17, 15) is 23.1 Å². The highest BCUT2D eigenvalue weighted by Gasteiger charge is 2.18. The molecule has 0 aliphatic carbocycles. The summed E-state index contributed by atoms with van der Waals surface area (Å²) >= 11 is -2.83. The van der Waals surface area contributed by atoms with Gasteiger partial charge < -0.3 is 15.0 Å². The van der Waals surface area contributed by atoms with E-state index in [1.165, 1.54) is 30.3 Å². The first kappa shape index (κ1) is 24.2. The minimum Gasteiger partial charge on any atom is -0.755 e. The summed E-state index contributed by atoms with van der Waals surface area (Å²) in [5.41, 5.74) is 2.75. The van der Waals surface area contributed by atoms with E-state index in [-0.39, 0.29) is 22.8 Å². The van der Waals surface area contributed by atoms with Gasteiger partial charge >= 0.3 is 0 Å². The number of hydrogen-bond donors (Lipinski definition) is 2. The molecule has 0 heterocycles. The summed E-state index contributed by atoms with van der Waals surface area (Å²) in [6, 6.07) is 30.0. The molecule has 5 aromatic rings. The van der Waals surface area contributed by atoms with Crippen molar-refractivity contribution in [1.82, 2.24) is 0 Å². The Hall–Kier alpha value is -4.53. The molecule has 6 nitrogen and oxygen atoms in total. The lowest BCUT2D eigenvalue weighted by Gasteiger charge is -2.27. The van der Waals surface area contributed by atoms with Crippen LogP contribution in [0.4, 0.5) is 21.5 Å². The largest absolute Gasteiger partial charge is 0.755 e. The van der Waals surface area contributed by atoms with Gasteiger partial charge in [-0.05, 0) is 70.4 Å². The molecule has 0 bridgehead atoms. The minimum absolute atomic E-state index is 0.0953. The van der Waals surface area contributed by atoms with Crippen LogP contribution >= 0.6 is 0 Å². The average molecular weight is 512 g/mol. The predicted molar refractivity (Wildman–Crippen MR) is 143 cm³/mol. The summed E-state index contributed by atoms with van der Waals surface area (Å²) in [4.78, 5) is 13.3. The van der Waals surface area contributed by atoms with Crippen LogP contribution in [0.3, 0.4) is 0 Å². The van der Waals surface area contributed by atoms with Gasteiger partial charge in [-0.25, -0.2) is 4.39 Å². The van der Waals surface area contributed by atoms with Crippen LogP contribution in [-0.4, -0.2) is 19.8 Å². The number of fused-ring (bicyclic) bond motifs is 1. The second-order valence-electron chi connectivity index (χ2n) is 8.22. The van der Waals surface area contributed by atoms with Crippen LogP contribution in [-0.2, 0) is 11.3 Å². The third-order valence-electron chi connectivity index (χ3n) is 5.92. The third kappa shape index (κ3) is 4.93. The number of halogens is 1. The molecule has 0 radical (unpaired) electrons. The normalized spacial score (nSPS) is 11.7. The van der Waals surface area contributed by atoms with Crippen LogP contribution in [0.5, 0.6) is 5.75 Å². The number of nitrogens with zero attached hydrogens (tertiary/aromatic N) is 1. The zero-order chi connectivity index (χ0) is 25.9. The van der Waals surface area contributed by atoms with Gasteiger partial charge in [0.15, 0.2) is 0 Å². The Morgan fingerprint density at radius 1 is 0.838 bits per heavy atom. The van der Waals surface area contributed by atoms with Gasteiger partial charge in [-0.3, -0.25) is 13.3 Å². The SMILES string of the molecule is O=C(Nc1ccc(O)c(N(c2ccc(F)cc2)S(=O)[O-])c1)c1ccc(-c2ccccc2)c2ccccc12. The zero-order valence-corrected chi connectivity index (χ0v) is 20.1. The summed E-state index contributed by atoms with van der Waals surface area (Å²) in [7, 11) is 0. The van der Waals surface area contributed by atoms with Crippen molar-refractivity contribution in [1.29, 1.82) is 0 Å². The first-order chi connectivity index (χ1) is 17.9. The smallest absolute Gasteiger partial charge is 0.256 e. The molecular weight excluding hydrogens is 491 g/mol. The van der Waals surface area contributed by atoms with E-state index in [1.54, 1.807) is 6.07 Å². The lowest BCUT2D eigenvalue weighted by atomic mass is 9.95. The summed E-state index contributed by atoms with van der Waals surface area (Å²) < 4.78 is 38.2. The molecule has 0 saturated carbocycles. The molecule has 37 heavy (non-hydrogen) atoms. The number of rotatable bonds is 6. The molecular formula is C29H20FN2O4S-. The number of hydrogen-bond acceptors (Lipinski definition) is 4. The van der Waals surface area contributed by atoms with Crippen LogP contribution in [0.25, 0.3) is 21.9 Å². The Kier molecular flexibility index (Phi) is 6.68. The molecule has 0 aliphatic heterocycles. The molecule has 1 amide bonds. The summed E-state index contributed by atoms with van der Waals surface area (Å²) in [6.07, 6.45) is 0. The van der Waals surface area contributed by atoms with Gasteiger partial charge in [0.1, 0.15) is 11.6 Å². The molecule has 0 spiro atoms. The number of anilines is 3. The third-order valence-corrected chi connectivity index (χ3v) is 6.62. The fourth-order valence-corrected chi connectivity index (χ4v) is 4.81. The van der Waals surface area contributed by atoms with E-state index in [0.29, 0.717) is 5.56 Å². The molecule has 8 heteroatoms. The van der Waals surface area contributed by atoms with E-state index in [1.807, 2.05) is 60.7 Å². The molecule has 0 aliphatic rings. The van der Waals surface area contributed by atoms with Gasteiger partial charge in [0, 0.05) is 11.3 Å². The molecule has 184 valence electrons. The summed E-state index contributed by atoms with van der Waals surface area (Å²) in [5.74, 6) is -1.26. The Morgan fingerprint density at radius 3 is 2.22 bits per heavy atom. The van der Waals surface area contributed by atoms with Crippen molar-refractivity contribution in [2.45, 2.75) is 0 Å². The van der Waals surface area contributed by atoms with E-state index >= 15 is 0 Å². The number of phenolic OH excluding ortho intramolecular Hbond substituents is 1. The number of carbonyl (C=O) groups is 1. The van der Waals surface area contributed by atoms with Gasteiger partial charge in [0.25, 0.3) is 5.91 Å². The minimum atomic E-state index is -2.83. The standard InChI is InChI=1S/C29H21FN2O4S/c30-20-10-13-22(14-11-20)32(37(35)36)27-18-21(12-17-28(27)33)31-29(34)26-16-15-23(19-6-2-1-3-7-19)24-8-4-5-9-25(24)26/h1-18,33H,(H,31,34)(H,35,36)/p-1. The molecule has 1 atom stereocenters. The Morgan fingerprint density at radius 2 is 1.51 bits per heavy atom. The molecule has 1 unspecified atom stereocenters. The maximum atomic E-state index is 13.4. The number of carbonyl (C=O) groups excluding carboxylic acids is 1. The second-order valence-corrected chi connectivity index (χ2v) is 9.02.